The van der Waals surface area contributed by atoms with Gasteiger partial charge in [0, 0.05) is 25.6 Å². The molecule has 1 atom stereocenters. The average molecular weight is 234 g/mol. The third-order valence-electron chi connectivity index (χ3n) is 3.55. The third-order valence-corrected chi connectivity index (χ3v) is 3.55. The van der Waals surface area contributed by atoms with Crippen LogP contribution < -0.4 is 5.32 Å². The third kappa shape index (κ3) is 2.70. The monoisotopic (exact) mass is 234 g/mol. The van der Waals surface area contributed by atoms with E-state index in [4.69, 9.17) is 4.74 Å². The van der Waals surface area contributed by atoms with Crippen LogP contribution in [0, 0.1) is 0 Å². The summed E-state index contributed by atoms with van der Waals surface area (Å²) in [6, 6.07) is 0.192. The van der Waals surface area contributed by atoms with Gasteiger partial charge < -0.3 is 10.1 Å². The molecule has 1 unspecified atom stereocenters. The van der Waals surface area contributed by atoms with Crippen molar-refractivity contribution in [2.45, 2.75) is 37.3 Å². The standard InChI is InChI=1S/C11H20F2N2O/c1-16-7-10-6-11(12,13)8-15(10)9-2-4-14-5-3-9/h9-10,14H,2-8H2,1H3. The molecule has 3 nitrogen and oxygen atoms in total. The normalized spacial score (nSPS) is 32.1. The molecule has 5 heteroatoms. The molecule has 0 aromatic rings. The summed E-state index contributed by atoms with van der Waals surface area (Å²) in [5.41, 5.74) is 0. The molecule has 16 heavy (non-hydrogen) atoms. The number of piperidine rings is 1. The number of ether oxygens (including phenoxy) is 1. The first-order valence-electron chi connectivity index (χ1n) is 5.95. The molecule has 0 aromatic heterocycles. The van der Waals surface area contributed by atoms with Gasteiger partial charge in [0.05, 0.1) is 13.2 Å². The zero-order chi connectivity index (χ0) is 11.6. The first-order valence-corrected chi connectivity index (χ1v) is 5.95. The quantitative estimate of drug-likeness (QED) is 0.791. The molecular weight excluding hydrogens is 214 g/mol. The summed E-state index contributed by atoms with van der Waals surface area (Å²) in [4.78, 5) is 1.96. The lowest BCUT2D eigenvalue weighted by Gasteiger charge is -2.35. The van der Waals surface area contributed by atoms with Gasteiger partial charge in [-0.25, -0.2) is 8.78 Å². The molecule has 2 aliphatic heterocycles. The highest BCUT2D eigenvalue weighted by Gasteiger charge is 2.47. The maximum Gasteiger partial charge on any atom is 0.262 e. The van der Waals surface area contributed by atoms with Crippen LogP contribution in [0.2, 0.25) is 0 Å². The fourth-order valence-electron chi connectivity index (χ4n) is 2.84. The molecule has 2 aliphatic rings. The Labute approximate surface area is 95.1 Å². The molecule has 2 heterocycles. The summed E-state index contributed by atoms with van der Waals surface area (Å²) in [6.07, 6.45) is 1.89. The van der Waals surface area contributed by atoms with Crippen LogP contribution in [0.5, 0.6) is 0 Å². The lowest BCUT2D eigenvalue weighted by atomic mass is 10.0. The highest BCUT2D eigenvalue weighted by molar-refractivity contribution is 4.94. The molecule has 0 aromatic carbocycles. The van der Waals surface area contributed by atoms with Gasteiger partial charge in [-0.15, -0.1) is 0 Å². The number of nitrogens with zero attached hydrogens (tertiary/aromatic N) is 1. The lowest BCUT2D eigenvalue weighted by molar-refractivity contribution is 0.00587. The maximum atomic E-state index is 13.4. The summed E-state index contributed by atoms with van der Waals surface area (Å²) in [5, 5.41) is 3.26. The first kappa shape index (κ1) is 12.2. The fraction of sp³-hybridized carbons (Fsp3) is 1.00. The number of hydrogen-bond donors (Lipinski definition) is 1. The van der Waals surface area contributed by atoms with Gasteiger partial charge in [-0.1, -0.05) is 0 Å². The molecule has 1 N–H and O–H groups in total. The number of alkyl halides is 2. The molecule has 0 bridgehead atoms. The minimum atomic E-state index is -2.53. The Bertz CT molecular complexity index is 232. The predicted octanol–water partition coefficient (Wildman–Crippen LogP) is 1.09. The van der Waals surface area contributed by atoms with E-state index in [1.807, 2.05) is 4.90 Å². The first-order chi connectivity index (χ1) is 7.62. The Morgan fingerprint density at radius 2 is 2.06 bits per heavy atom. The largest absolute Gasteiger partial charge is 0.383 e. The topological polar surface area (TPSA) is 24.5 Å². The van der Waals surface area contributed by atoms with E-state index in [1.54, 1.807) is 7.11 Å². The van der Waals surface area contributed by atoms with E-state index in [0.717, 1.165) is 25.9 Å². The Balaban J connectivity index is 1.99. The number of likely N-dealkylation sites (tertiary alicyclic amines) is 1. The van der Waals surface area contributed by atoms with Crippen molar-refractivity contribution in [1.29, 1.82) is 0 Å². The van der Waals surface area contributed by atoms with Crippen molar-refractivity contribution in [1.82, 2.24) is 10.2 Å². The van der Waals surface area contributed by atoms with Gasteiger partial charge in [-0.3, -0.25) is 4.90 Å². The van der Waals surface area contributed by atoms with Crippen molar-refractivity contribution in [2.75, 3.05) is 33.4 Å². The van der Waals surface area contributed by atoms with Gasteiger partial charge in [0.25, 0.3) is 5.92 Å². The van der Waals surface area contributed by atoms with E-state index in [9.17, 15) is 8.78 Å². The van der Waals surface area contributed by atoms with E-state index in [-0.39, 0.29) is 19.0 Å². The number of methoxy groups -OCH3 is 1. The summed E-state index contributed by atoms with van der Waals surface area (Å²) in [5.74, 6) is -2.53. The molecular formula is C11H20F2N2O. The summed E-state index contributed by atoms with van der Waals surface area (Å²) in [6.45, 7) is 2.20. The second-order valence-corrected chi connectivity index (χ2v) is 4.82. The molecule has 94 valence electrons. The molecule has 0 spiro atoms. The number of hydrogen-bond acceptors (Lipinski definition) is 3. The van der Waals surface area contributed by atoms with E-state index < -0.39 is 5.92 Å². The van der Waals surface area contributed by atoms with E-state index in [0.29, 0.717) is 12.6 Å². The van der Waals surface area contributed by atoms with Gasteiger partial charge in [0.1, 0.15) is 0 Å². The molecule has 0 aliphatic carbocycles. The minimum absolute atomic E-state index is 0.0508. The highest BCUT2D eigenvalue weighted by Crippen LogP contribution is 2.35. The molecule has 0 radical (unpaired) electrons. The SMILES string of the molecule is COCC1CC(F)(F)CN1C1CCNCC1. The minimum Gasteiger partial charge on any atom is -0.383 e. The smallest absolute Gasteiger partial charge is 0.262 e. The van der Waals surface area contributed by atoms with Crippen LogP contribution >= 0.6 is 0 Å². The maximum absolute atomic E-state index is 13.4. The second kappa shape index (κ2) is 4.94. The summed E-state index contributed by atoms with van der Waals surface area (Å²) >= 11 is 0. The van der Waals surface area contributed by atoms with E-state index in [1.165, 1.54) is 0 Å². The van der Waals surface area contributed by atoms with Crippen LogP contribution in [0.3, 0.4) is 0 Å². The Kier molecular flexibility index (Phi) is 3.77. The van der Waals surface area contributed by atoms with Gasteiger partial charge in [-0.05, 0) is 25.9 Å². The predicted molar refractivity (Wildman–Crippen MR) is 57.8 cm³/mol. The van der Waals surface area contributed by atoms with Crippen molar-refractivity contribution in [2.24, 2.45) is 0 Å². The van der Waals surface area contributed by atoms with Gasteiger partial charge in [-0.2, -0.15) is 0 Å². The molecule has 2 fully saturated rings. The summed E-state index contributed by atoms with van der Waals surface area (Å²) < 4.78 is 31.9. The van der Waals surface area contributed by atoms with Crippen LogP contribution in [-0.2, 0) is 4.74 Å². The number of rotatable bonds is 3. The zero-order valence-electron chi connectivity index (χ0n) is 9.72. The van der Waals surface area contributed by atoms with Crippen LogP contribution in [0.4, 0.5) is 8.78 Å². The van der Waals surface area contributed by atoms with Crippen LogP contribution in [-0.4, -0.2) is 56.3 Å². The number of nitrogens with one attached hydrogen (secondary N) is 1. The van der Waals surface area contributed by atoms with Gasteiger partial charge >= 0.3 is 0 Å². The lowest BCUT2D eigenvalue weighted by Crippen LogP contribution is -2.47. The molecule has 2 saturated heterocycles. The molecule has 2 rings (SSSR count). The van der Waals surface area contributed by atoms with Crippen molar-refractivity contribution < 1.29 is 13.5 Å². The average Bonchev–Trinajstić information content (AvgIpc) is 2.56. The van der Waals surface area contributed by atoms with Crippen LogP contribution in [0.25, 0.3) is 0 Å². The van der Waals surface area contributed by atoms with Gasteiger partial charge in [0.2, 0.25) is 0 Å². The van der Waals surface area contributed by atoms with Gasteiger partial charge in [0.15, 0.2) is 0 Å². The van der Waals surface area contributed by atoms with Crippen LogP contribution in [0.1, 0.15) is 19.3 Å². The van der Waals surface area contributed by atoms with Crippen LogP contribution in [0.15, 0.2) is 0 Å². The Hall–Kier alpha value is -0.260. The van der Waals surface area contributed by atoms with Crippen molar-refractivity contribution in [3.05, 3.63) is 0 Å². The molecule has 0 amide bonds. The van der Waals surface area contributed by atoms with E-state index in [2.05, 4.69) is 5.32 Å². The fourth-order valence-corrected chi connectivity index (χ4v) is 2.84. The zero-order valence-corrected chi connectivity index (χ0v) is 9.72. The molecule has 0 saturated carbocycles. The number of halogens is 2. The summed E-state index contributed by atoms with van der Waals surface area (Å²) in [7, 11) is 1.58. The van der Waals surface area contributed by atoms with E-state index >= 15 is 0 Å². The second-order valence-electron chi connectivity index (χ2n) is 4.82. The Morgan fingerprint density at radius 3 is 2.69 bits per heavy atom. The van der Waals surface area contributed by atoms with Crippen molar-refractivity contribution >= 4 is 0 Å². The van der Waals surface area contributed by atoms with Crippen molar-refractivity contribution in [3.8, 4) is 0 Å². The van der Waals surface area contributed by atoms with Crippen molar-refractivity contribution in [3.63, 3.8) is 0 Å². The Morgan fingerprint density at radius 1 is 1.38 bits per heavy atom. The highest BCUT2D eigenvalue weighted by atomic mass is 19.3.